The Bertz CT molecular complexity index is 187. The average Bonchev–Trinajstić information content (AvgIpc) is 2.62. The molecular weight excluding hydrogens is 196 g/mol. The summed E-state index contributed by atoms with van der Waals surface area (Å²) in [5.41, 5.74) is 0.248. The molecule has 0 heterocycles. The fraction of sp³-hybridized carbons (Fsp3) is 1.00. The Kier molecular flexibility index (Phi) is 5.26. The van der Waals surface area contributed by atoms with E-state index in [-0.39, 0.29) is 5.54 Å². The van der Waals surface area contributed by atoms with Crippen molar-refractivity contribution in [3.05, 3.63) is 0 Å². The number of hydrogen-bond acceptors (Lipinski definition) is 2. The molecule has 96 valence electrons. The molecule has 0 spiro atoms. The predicted octanol–water partition coefficient (Wildman–Crippen LogP) is 3.03. The van der Waals surface area contributed by atoms with Gasteiger partial charge in [0.25, 0.3) is 0 Å². The smallest absolute Gasteiger partial charge is 0.0113 e. The molecule has 2 nitrogen and oxygen atoms in total. The van der Waals surface area contributed by atoms with Crippen molar-refractivity contribution in [2.24, 2.45) is 0 Å². The summed E-state index contributed by atoms with van der Waals surface area (Å²) >= 11 is 0. The summed E-state index contributed by atoms with van der Waals surface area (Å²) in [6, 6.07) is 1.53. The molecule has 1 fully saturated rings. The summed E-state index contributed by atoms with van der Waals surface area (Å²) in [6.45, 7) is 13.7. The van der Waals surface area contributed by atoms with Gasteiger partial charge in [-0.15, -0.1) is 0 Å². The maximum absolute atomic E-state index is 3.59. The van der Waals surface area contributed by atoms with Crippen molar-refractivity contribution in [1.82, 2.24) is 10.2 Å². The van der Waals surface area contributed by atoms with Gasteiger partial charge in [0.15, 0.2) is 0 Å². The number of rotatable bonds is 5. The number of nitrogens with one attached hydrogen (secondary N) is 1. The normalized spacial score (nSPS) is 18.9. The van der Waals surface area contributed by atoms with Crippen LogP contribution in [0.5, 0.6) is 0 Å². The molecular formula is C14H30N2. The van der Waals surface area contributed by atoms with E-state index in [9.17, 15) is 0 Å². The Labute approximate surface area is 102 Å². The highest BCUT2D eigenvalue weighted by Gasteiger charge is 2.24. The van der Waals surface area contributed by atoms with Crippen LogP contribution in [0.25, 0.3) is 0 Å². The third-order valence-electron chi connectivity index (χ3n) is 3.48. The molecule has 1 N–H and O–H groups in total. The summed E-state index contributed by atoms with van der Waals surface area (Å²) in [6.07, 6.45) is 5.68. The molecule has 0 aromatic heterocycles. The van der Waals surface area contributed by atoms with Crippen molar-refractivity contribution in [3.8, 4) is 0 Å². The van der Waals surface area contributed by atoms with Crippen molar-refractivity contribution in [2.45, 2.75) is 77.9 Å². The zero-order valence-corrected chi connectivity index (χ0v) is 11.8. The maximum Gasteiger partial charge on any atom is 0.0113 e. The highest BCUT2D eigenvalue weighted by molar-refractivity contribution is 4.81. The fourth-order valence-electron chi connectivity index (χ4n) is 2.66. The first kappa shape index (κ1) is 14.0. The fourth-order valence-corrected chi connectivity index (χ4v) is 2.66. The van der Waals surface area contributed by atoms with Gasteiger partial charge in [0.1, 0.15) is 0 Å². The van der Waals surface area contributed by atoms with Crippen LogP contribution in [0.15, 0.2) is 0 Å². The average molecular weight is 226 g/mol. The first-order valence-corrected chi connectivity index (χ1v) is 6.91. The maximum atomic E-state index is 3.59. The predicted molar refractivity (Wildman–Crippen MR) is 71.9 cm³/mol. The van der Waals surface area contributed by atoms with Gasteiger partial charge >= 0.3 is 0 Å². The van der Waals surface area contributed by atoms with Gasteiger partial charge in [-0.25, -0.2) is 0 Å². The summed E-state index contributed by atoms with van der Waals surface area (Å²) in [5, 5.41) is 3.59. The zero-order chi connectivity index (χ0) is 12.2. The van der Waals surface area contributed by atoms with E-state index < -0.39 is 0 Å². The van der Waals surface area contributed by atoms with E-state index in [0.717, 1.165) is 12.6 Å². The third kappa shape index (κ3) is 4.84. The van der Waals surface area contributed by atoms with Crippen LogP contribution >= 0.6 is 0 Å². The second kappa shape index (κ2) is 6.02. The lowest BCUT2D eigenvalue weighted by atomic mass is 10.1. The van der Waals surface area contributed by atoms with Crippen LogP contribution in [0, 0.1) is 0 Å². The van der Waals surface area contributed by atoms with E-state index >= 15 is 0 Å². The molecule has 0 aliphatic heterocycles. The monoisotopic (exact) mass is 226 g/mol. The minimum atomic E-state index is 0.248. The molecule has 2 heteroatoms. The van der Waals surface area contributed by atoms with Crippen LogP contribution in [0.4, 0.5) is 0 Å². The molecule has 0 radical (unpaired) electrons. The minimum Gasteiger partial charge on any atom is -0.311 e. The van der Waals surface area contributed by atoms with Gasteiger partial charge in [-0.2, -0.15) is 0 Å². The number of nitrogens with zero attached hydrogens (tertiary/aromatic N) is 1. The molecule has 16 heavy (non-hydrogen) atoms. The summed E-state index contributed by atoms with van der Waals surface area (Å²) in [7, 11) is 0. The Balaban J connectivity index is 2.33. The van der Waals surface area contributed by atoms with Gasteiger partial charge in [0, 0.05) is 30.7 Å². The van der Waals surface area contributed by atoms with Crippen molar-refractivity contribution < 1.29 is 0 Å². The van der Waals surface area contributed by atoms with Crippen molar-refractivity contribution in [1.29, 1.82) is 0 Å². The molecule has 1 rings (SSSR count). The van der Waals surface area contributed by atoms with Gasteiger partial charge < -0.3 is 5.32 Å². The van der Waals surface area contributed by atoms with Crippen LogP contribution in [-0.4, -0.2) is 35.6 Å². The van der Waals surface area contributed by atoms with E-state index in [1.54, 1.807) is 0 Å². The molecule has 1 saturated carbocycles. The zero-order valence-electron chi connectivity index (χ0n) is 11.8. The summed E-state index contributed by atoms with van der Waals surface area (Å²) < 4.78 is 0. The molecule has 0 saturated heterocycles. The lowest BCUT2D eigenvalue weighted by Crippen LogP contribution is -2.46. The van der Waals surface area contributed by atoms with Gasteiger partial charge in [-0.1, -0.05) is 12.8 Å². The standard InChI is InChI=1S/C14H30N2/c1-12(2)16(13-8-6-7-9-13)11-10-15-14(3,4)5/h12-13,15H,6-11H2,1-5H3. The molecule has 0 unspecified atom stereocenters. The molecule has 1 aliphatic carbocycles. The minimum absolute atomic E-state index is 0.248. The van der Waals surface area contributed by atoms with E-state index in [4.69, 9.17) is 0 Å². The van der Waals surface area contributed by atoms with Crippen molar-refractivity contribution in [3.63, 3.8) is 0 Å². The molecule has 0 aromatic rings. The summed E-state index contributed by atoms with van der Waals surface area (Å²) in [5.74, 6) is 0. The van der Waals surface area contributed by atoms with Crippen molar-refractivity contribution in [2.75, 3.05) is 13.1 Å². The van der Waals surface area contributed by atoms with Crippen LogP contribution in [0.3, 0.4) is 0 Å². The largest absolute Gasteiger partial charge is 0.311 e. The van der Waals surface area contributed by atoms with Gasteiger partial charge in [-0.05, 0) is 47.5 Å². The van der Waals surface area contributed by atoms with E-state index in [1.165, 1.54) is 32.2 Å². The highest BCUT2D eigenvalue weighted by Crippen LogP contribution is 2.24. The molecule has 0 atom stereocenters. The third-order valence-corrected chi connectivity index (χ3v) is 3.48. The second-order valence-corrected chi connectivity index (χ2v) is 6.45. The molecule has 0 bridgehead atoms. The summed E-state index contributed by atoms with van der Waals surface area (Å²) in [4.78, 5) is 2.69. The quantitative estimate of drug-likeness (QED) is 0.775. The van der Waals surface area contributed by atoms with Crippen molar-refractivity contribution >= 4 is 0 Å². The Morgan fingerprint density at radius 3 is 2.19 bits per heavy atom. The van der Waals surface area contributed by atoms with E-state index in [0.29, 0.717) is 6.04 Å². The SMILES string of the molecule is CC(C)N(CCNC(C)(C)C)C1CCCC1. The van der Waals surface area contributed by atoms with Gasteiger partial charge in [0.05, 0.1) is 0 Å². The molecule has 0 aromatic carbocycles. The Morgan fingerprint density at radius 2 is 1.75 bits per heavy atom. The Hall–Kier alpha value is -0.0800. The first-order valence-electron chi connectivity index (χ1n) is 6.91. The lowest BCUT2D eigenvalue weighted by molar-refractivity contribution is 0.152. The van der Waals surface area contributed by atoms with Crippen LogP contribution in [0.2, 0.25) is 0 Å². The number of hydrogen-bond donors (Lipinski definition) is 1. The topological polar surface area (TPSA) is 15.3 Å². The molecule has 1 aliphatic rings. The van der Waals surface area contributed by atoms with E-state index in [2.05, 4.69) is 44.8 Å². The van der Waals surface area contributed by atoms with Crippen LogP contribution < -0.4 is 5.32 Å². The van der Waals surface area contributed by atoms with Gasteiger partial charge in [-0.3, -0.25) is 4.90 Å². The van der Waals surface area contributed by atoms with Crippen LogP contribution in [-0.2, 0) is 0 Å². The second-order valence-electron chi connectivity index (χ2n) is 6.45. The van der Waals surface area contributed by atoms with Gasteiger partial charge in [0.2, 0.25) is 0 Å². The molecule has 0 amide bonds. The van der Waals surface area contributed by atoms with E-state index in [1.807, 2.05) is 0 Å². The first-order chi connectivity index (χ1) is 7.40. The van der Waals surface area contributed by atoms with Crippen LogP contribution in [0.1, 0.15) is 60.3 Å². The lowest BCUT2D eigenvalue weighted by Gasteiger charge is -2.33. The Morgan fingerprint density at radius 1 is 1.19 bits per heavy atom. The highest BCUT2D eigenvalue weighted by atomic mass is 15.2.